The fourth-order valence-electron chi connectivity index (χ4n) is 1.96. The van der Waals surface area contributed by atoms with Crippen LogP contribution in [0.15, 0.2) is 30.3 Å². The molecule has 1 amide bonds. The summed E-state index contributed by atoms with van der Waals surface area (Å²) in [6.07, 6.45) is 0.804. The van der Waals surface area contributed by atoms with E-state index in [2.05, 4.69) is 10.4 Å². The Hall–Kier alpha value is -2.14. The number of aryl methyl sites for hydroxylation is 2. The standard InChI is InChI=1S/C15H19N3O2/c1-3-12-9-14(18(4-2)17-12)15(20)16-13-7-5-11(10-19)6-8-13/h5-9,19H,3-4,10H2,1-2H3,(H,16,20). The Labute approximate surface area is 118 Å². The molecular formula is C15H19N3O2. The molecule has 0 bridgehead atoms. The van der Waals surface area contributed by atoms with Gasteiger partial charge in [0.05, 0.1) is 12.3 Å². The Bertz CT molecular complexity index is 588. The van der Waals surface area contributed by atoms with E-state index in [-0.39, 0.29) is 12.5 Å². The first-order valence-corrected chi connectivity index (χ1v) is 6.75. The highest BCUT2D eigenvalue weighted by Crippen LogP contribution is 2.12. The maximum Gasteiger partial charge on any atom is 0.273 e. The smallest absolute Gasteiger partial charge is 0.273 e. The summed E-state index contributed by atoms with van der Waals surface area (Å²) in [5.74, 6) is -0.171. The third kappa shape index (κ3) is 3.05. The summed E-state index contributed by atoms with van der Waals surface area (Å²) >= 11 is 0. The molecule has 0 spiro atoms. The minimum atomic E-state index is -0.171. The number of hydrogen-bond donors (Lipinski definition) is 2. The molecule has 5 heteroatoms. The van der Waals surface area contributed by atoms with E-state index in [1.165, 1.54) is 0 Å². The van der Waals surface area contributed by atoms with Crippen molar-refractivity contribution in [1.82, 2.24) is 9.78 Å². The predicted octanol–water partition coefficient (Wildman–Crippen LogP) is 2.21. The Kier molecular flexibility index (Phi) is 4.53. The van der Waals surface area contributed by atoms with Gasteiger partial charge in [0, 0.05) is 12.2 Å². The number of carbonyl (C=O) groups is 1. The summed E-state index contributed by atoms with van der Waals surface area (Å²) in [6.45, 7) is 4.62. The molecule has 5 nitrogen and oxygen atoms in total. The number of anilines is 1. The number of aromatic nitrogens is 2. The van der Waals surface area contributed by atoms with Gasteiger partial charge in [0.2, 0.25) is 0 Å². The highest BCUT2D eigenvalue weighted by Gasteiger charge is 2.14. The molecule has 106 valence electrons. The van der Waals surface area contributed by atoms with Gasteiger partial charge in [0.1, 0.15) is 5.69 Å². The highest BCUT2D eigenvalue weighted by atomic mass is 16.3. The molecule has 1 heterocycles. The van der Waals surface area contributed by atoms with Crippen molar-refractivity contribution in [2.45, 2.75) is 33.4 Å². The number of hydrogen-bond acceptors (Lipinski definition) is 3. The number of nitrogens with one attached hydrogen (secondary N) is 1. The number of aliphatic hydroxyl groups is 1. The van der Waals surface area contributed by atoms with Crippen LogP contribution in [0.4, 0.5) is 5.69 Å². The average molecular weight is 273 g/mol. The molecular weight excluding hydrogens is 254 g/mol. The van der Waals surface area contributed by atoms with Crippen molar-refractivity contribution in [1.29, 1.82) is 0 Å². The van der Waals surface area contributed by atoms with E-state index in [0.717, 1.165) is 17.7 Å². The Morgan fingerprint density at radius 3 is 2.55 bits per heavy atom. The number of amides is 1. The maximum atomic E-state index is 12.3. The first kappa shape index (κ1) is 14.3. The van der Waals surface area contributed by atoms with Gasteiger partial charge in [0.25, 0.3) is 5.91 Å². The van der Waals surface area contributed by atoms with Gasteiger partial charge in [-0.1, -0.05) is 19.1 Å². The number of rotatable bonds is 5. The van der Waals surface area contributed by atoms with E-state index >= 15 is 0 Å². The first-order chi connectivity index (χ1) is 9.67. The molecule has 0 aliphatic heterocycles. The molecule has 2 N–H and O–H groups in total. The van der Waals surface area contributed by atoms with Gasteiger partial charge in [-0.15, -0.1) is 0 Å². The van der Waals surface area contributed by atoms with Gasteiger partial charge >= 0.3 is 0 Å². The highest BCUT2D eigenvalue weighted by molar-refractivity contribution is 6.03. The third-order valence-corrected chi connectivity index (χ3v) is 3.12. The van der Waals surface area contributed by atoms with Crippen LogP contribution in [0, 0.1) is 0 Å². The Balaban J connectivity index is 2.16. The van der Waals surface area contributed by atoms with Crippen LogP contribution in [0.25, 0.3) is 0 Å². The lowest BCUT2D eigenvalue weighted by Gasteiger charge is -2.07. The van der Waals surface area contributed by atoms with Crippen LogP contribution in [-0.4, -0.2) is 20.8 Å². The lowest BCUT2D eigenvalue weighted by molar-refractivity contribution is 0.101. The number of aliphatic hydroxyl groups excluding tert-OH is 1. The minimum absolute atomic E-state index is 0.00328. The lowest BCUT2D eigenvalue weighted by Crippen LogP contribution is -2.17. The van der Waals surface area contributed by atoms with Crippen molar-refractivity contribution in [3.63, 3.8) is 0 Å². The van der Waals surface area contributed by atoms with Crippen LogP contribution in [0.2, 0.25) is 0 Å². The molecule has 0 aliphatic carbocycles. The zero-order chi connectivity index (χ0) is 14.5. The van der Waals surface area contributed by atoms with E-state index < -0.39 is 0 Å². The second-order valence-corrected chi connectivity index (χ2v) is 4.50. The molecule has 1 aromatic heterocycles. The summed E-state index contributed by atoms with van der Waals surface area (Å²) in [6, 6.07) is 8.93. The van der Waals surface area contributed by atoms with Gasteiger partial charge in [-0.3, -0.25) is 9.48 Å². The second kappa shape index (κ2) is 6.34. The van der Waals surface area contributed by atoms with E-state index in [0.29, 0.717) is 17.9 Å². The number of benzene rings is 1. The van der Waals surface area contributed by atoms with Crippen molar-refractivity contribution >= 4 is 11.6 Å². The quantitative estimate of drug-likeness (QED) is 0.877. The largest absolute Gasteiger partial charge is 0.392 e. The van der Waals surface area contributed by atoms with Crippen LogP contribution in [-0.2, 0) is 19.6 Å². The molecule has 0 fully saturated rings. The normalized spacial score (nSPS) is 10.6. The van der Waals surface area contributed by atoms with Crippen LogP contribution in [0.1, 0.15) is 35.6 Å². The van der Waals surface area contributed by atoms with Gasteiger partial charge < -0.3 is 10.4 Å². The van der Waals surface area contributed by atoms with E-state index in [4.69, 9.17) is 5.11 Å². The molecule has 1 aromatic carbocycles. The van der Waals surface area contributed by atoms with Crippen molar-refractivity contribution < 1.29 is 9.90 Å². The summed E-state index contributed by atoms with van der Waals surface area (Å²) in [5, 5.41) is 16.2. The summed E-state index contributed by atoms with van der Waals surface area (Å²) in [7, 11) is 0. The topological polar surface area (TPSA) is 67.2 Å². The summed E-state index contributed by atoms with van der Waals surface area (Å²) < 4.78 is 1.70. The molecule has 0 saturated heterocycles. The number of carbonyl (C=O) groups excluding carboxylic acids is 1. The van der Waals surface area contributed by atoms with Crippen molar-refractivity contribution in [2.24, 2.45) is 0 Å². The zero-order valence-corrected chi connectivity index (χ0v) is 11.8. The van der Waals surface area contributed by atoms with Gasteiger partial charge in [-0.05, 0) is 37.1 Å². The number of nitrogens with zero attached hydrogens (tertiary/aromatic N) is 2. The molecule has 2 rings (SSSR count). The molecule has 0 atom stereocenters. The minimum Gasteiger partial charge on any atom is -0.392 e. The van der Waals surface area contributed by atoms with Gasteiger partial charge in [-0.2, -0.15) is 5.10 Å². The fourth-order valence-corrected chi connectivity index (χ4v) is 1.96. The average Bonchev–Trinajstić information content (AvgIpc) is 2.91. The molecule has 0 aliphatic rings. The first-order valence-electron chi connectivity index (χ1n) is 6.75. The van der Waals surface area contributed by atoms with E-state index in [9.17, 15) is 4.79 Å². The van der Waals surface area contributed by atoms with Gasteiger partial charge in [-0.25, -0.2) is 0 Å². The molecule has 0 unspecified atom stereocenters. The van der Waals surface area contributed by atoms with Crippen molar-refractivity contribution in [3.8, 4) is 0 Å². The van der Waals surface area contributed by atoms with E-state index in [1.54, 1.807) is 28.9 Å². The zero-order valence-electron chi connectivity index (χ0n) is 11.8. The third-order valence-electron chi connectivity index (χ3n) is 3.12. The fraction of sp³-hybridized carbons (Fsp3) is 0.333. The predicted molar refractivity (Wildman–Crippen MR) is 77.6 cm³/mol. The van der Waals surface area contributed by atoms with Gasteiger partial charge in [0.15, 0.2) is 0 Å². The monoisotopic (exact) mass is 273 g/mol. The lowest BCUT2D eigenvalue weighted by atomic mass is 10.2. The van der Waals surface area contributed by atoms with Crippen LogP contribution >= 0.6 is 0 Å². The summed E-state index contributed by atoms with van der Waals surface area (Å²) in [5.41, 5.74) is 2.99. The maximum absolute atomic E-state index is 12.3. The molecule has 0 saturated carbocycles. The second-order valence-electron chi connectivity index (χ2n) is 4.50. The van der Waals surface area contributed by atoms with Crippen LogP contribution in [0.3, 0.4) is 0 Å². The van der Waals surface area contributed by atoms with E-state index in [1.807, 2.05) is 19.9 Å². The van der Waals surface area contributed by atoms with Crippen LogP contribution in [0.5, 0.6) is 0 Å². The van der Waals surface area contributed by atoms with Crippen LogP contribution < -0.4 is 5.32 Å². The molecule has 0 radical (unpaired) electrons. The Morgan fingerprint density at radius 2 is 2.00 bits per heavy atom. The van der Waals surface area contributed by atoms with Crippen molar-refractivity contribution in [3.05, 3.63) is 47.3 Å². The Morgan fingerprint density at radius 1 is 1.30 bits per heavy atom. The molecule has 20 heavy (non-hydrogen) atoms. The molecule has 2 aromatic rings. The van der Waals surface area contributed by atoms with Crippen molar-refractivity contribution in [2.75, 3.05) is 5.32 Å². The summed E-state index contributed by atoms with van der Waals surface area (Å²) in [4.78, 5) is 12.3. The SMILES string of the molecule is CCc1cc(C(=O)Nc2ccc(CO)cc2)n(CC)n1.